The van der Waals surface area contributed by atoms with E-state index in [1.807, 2.05) is 25.7 Å². The van der Waals surface area contributed by atoms with Crippen LogP contribution < -0.4 is 0 Å². The van der Waals surface area contributed by atoms with Crippen LogP contribution >= 0.6 is 0 Å². The van der Waals surface area contributed by atoms with Gasteiger partial charge in [0.15, 0.2) is 0 Å². The summed E-state index contributed by atoms with van der Waals surface area (Å²) in [6.45, 7) is 12.3. The summed E-state index contributed by atoms with van der Waals surface area (Å²) in [5.41, 5.74) is 0.110. The summed E-state index contributed by atoms with van der Waals surface area (Å²) < 4.78 is 5.46. The quantitative estimate of drug-likeness (QED) is 0.662. The Morgan fingerprint density at radius 2 is 1.74 bits per heavy atom. The molecule has 0 aromatic rings. The predicted octanol–water partition coefficient (Wildman–Crippen LogP) is 4.07. The molecule has 1 heterocycles. The minimum absolute atomic E-state index is 0.138. The van der Waals surface area contributed by atoms with Crippen LogP contribution in [0.4, 0.5) is 4.79 Å². The molecule has 110 valence electrons. The molecule has 1 aliphatic carbocycles. The highest BCUT2D eigenvalue weighted by atomic mass is 16.6. The van der Waals surface area contributed by atoms with Gasteiger partial charge in [-0.25, -0.2) is 4.79 Å². The first-order valence-electron chi connectivity index (χ1n) is 7.71. The lowest BCUT2D eigenvalue weighted by Gasteiger charge is -2.43. The van der Waals surface area contributed by atoms with E-state index in [1.165, 1.54) is 12.8 Å². The number of amides is 1. The maximum atomic E-state index is 12.1. The number of carbonyl (C=O) groups is 1. The van der Waals surface area contributed by atoms with Crippen molar-refractivity contribution in [2.45, 2.75) is 65.9 Å². The molecule has 3 heteroatoms. The molecule has 2 atom stereocenters. The zero-order valence-electron chi connectivity index (χ0n) is 13.2. The van der Waals surface area contributed by atoms with Gasteiger partial charge in [0.05, 0.1) is 0 Å². The highest BCUT2D eigenvalue weighted by Gasteiger charge is 2.46. The molecule has 0 aromatic carbocycles. The lowest BCUT2D eigenvalue weighted by atomic mass is 9.70. The smallest absolute Gasteiger partial charge is 0.410 e. The number of piperidine rings is 1. The van der Waals surface area contributed by atoms with Gasteiger partial charge in [0.25, 0.3) is 0 Å². The van der Waals surface area contributed by atoms with Gasteiger partial charge in [-0.3, -0.25) is 0 Å². The molecule has 1 aliphatic heterocycles. The van der Waals surface area contributed by atoms with E-state index in [1.54, 1.807) is 0 Å². The van der Waals surface area contributed by atoms with Crippen molar-refractivity contribution in [2.75, 3.05) is 13.1 Å². The number of rotatable bonds is 0. The van der Waals surface area contributed by atoms with Gasteiger partial charge in [0.2, 0.25) is 0 Å². The van der Waals surface area contributed by atoms with Gasteiger partial charge < -0.3 is 9.64 Å². The van der Waals surface area contributed by atoms with Crippen molar-refractivity contribution < 1.29 is 9.53 Å². The minimum atomic E-state index is -0.388. The van der Waals surface area contributed by atoms with Gasteiger partial charge in [-0.1, -0.05) is 13.8 Å². The largest absolute Gasteiger partial charge is 0.444 e. The van der Waals surface area contributed by atoms with Gasteiger partial charge in [-0.2, -0.15) is 0 Å². The lowest BCUT2D eigenvalue weighted by Crippen LogP contribution is -2.46. The average Bonchev–Trinajstić information content (AvgIpc) is 2.57. The SMILES string of the molecule is CC1CCC2(CCN(C(=O)OC(C)(C)C)CC2)C1C. The van der Waals surface area contributed by atoms with Crippen LogP contribution in [0.3, 0.4) is 0 Å². The van der Waals surface area contributed by atoms with Crippen LogP contribution in [0.1, 0.15) is 60.3 Å². The van der Waals surface area contributed by atoms with Gasteiger partial charge in [0, 0.05) is 13.1 Å². The average molecular weight is 267 g/mol. The first-order valence-corrected chi connectivity index (χ1v) is 7.71. The molecule has 0 radical (unpaired) electrons. The molecular formula is C16H29NO2. The van der Waals surface area contributed by atoms with E-state index in [0.717, 1.165) is 37.8 Å². The zero-order chi connectivity index (χ0) is 14.3. The van der Waals surface area contributed by atoms with Crippen LogP contribution in [0.15, 0.2) is 0 Å². The Balaban J connectivity index is 1.91. The molecule has 2 unspecified atom stereocenters. The number of hydrogen-bond acceptors (Lipinski definition) is 2. The van der Waals surface area contributed by atoms with E-state index in [2.05, 4.69) is 13.8 Å². The third-order valence-corrected chi connectivity index (χ3v) is 5.33. The Morgan fingerprint density at radius 1 is 1.16 bits per heavy atom. The van der Waals surface area contributed by atoms with E-state index in [9.17, 15) is 4.79 Å². The standard InChI is InChI=1S/C16H29NO2/c1-12-6-7-16(13(12)2)8-10-17(11-9-16)14(18)19-15(3,4)5/h12-13H,6-11H2,1-5H3. The second-order valence-electron chi connectivity index (χ2n) is 7.63. The van der Waals surface area contributed by atoms with Crippen LogP contribution in [0.5, 0.6) is 0 Å². The summed E-state index contributed by atoms with van der Waals surface area (Å²) in [7, 11) is 0. The van der Waals surface area contributed by atoms with E-state index in [0.29, 0.717) is 5.41 Å². The van der Waals surface area contributed by atoms with Crippen molar-refractivity contribution >= 4 is 6.09 Å². The number of likely N-dealkylation sites (tertiary alicyclic amines) is 1. The minimum Gasteiger partial charge on any atom is -0.444 e. The fourth-order valence-corrected chi connectivity index (χ4v) is 3.76. The summed E-state index contributed by atoms with van der Waals surface area (Å²) in [5.74, 6) is 1.64. The van der Waals surface area contributed by atoms with Crippen LogP contribution in [0.2, 0.25) is 0 Å². The highest BCUT2D eigenvalue weighted by Crippen LogP contribution is 2.52. The maximum absolute atomic E-state index is 12.1. The molecule has 2 rings (SSSR count). The van der Waals surface area contributed by atoms with Crippen molar-refractivity contribution in [1.82, 2.24) is 4.90 Å². The van der Waals surface area contributed by atoms with E-state index < -0.39 is 0 Å². The van der Waals surface area contributed by atoms with Gasteiger partial charge in [0.1, 0.15) is 5.60 Å². The highest BCUT2D eigenvalue weighted by molar-refractivity contribution is 5.68. The number of hydrogen-bond donors (Lipinski definition) is 0. The van der Waals surface area contributed by atoms with Gasteiger partial charge in [-0.05, 0) is 63.7 Å². The third kappa shape index (κ3) is 3.06. The van der Waals surface area contributed by atoms with Crippen LogP contribution in [0, 0.1) is 17.3 Å². The van der Waals surface area contributed by atoms with Crippen molar-refractivity contribution in [2.24, 2.45) is 17.3 Å². The second kappa shape index (κ2) is 4.99. The number of carbonyl (C=O) groups excluding carboxylic acids is 1. The normalized spacial score (nSPS) is 30.7. The number of ether oxygens (including phenoxy) is 1. The van der Waals surface area contributed by atoms with Gasteiger partial charge >= 0.3 is 6.09 Å². The second-order valence-corrected chi connectivity index (χ2v) is 7.63. The summed E-state index contributed by atoms with van der Waals surface area (Å²) in [4.78, 5) is 14.0. The van der Waals surface area contributed by atoms with Crippen molar-refractivity contribution in [3.63, 3.8) is 0 Å². The first-order chi connectivity index (χ1) is 8.73. The Labute approximate surface area is 117 Å². The molecule has 3 nitrogen and oxygen atoms in total. The van der Waals surface area contributed by atoms with Gasteiger partial charge in [-0.15, -0.1) is 0 Å². The van der Waals surface area contributed by atoms with Crippen LogP contribution in [-0.2, 0) is 4.74 Å². The van der Waals surface area contributed by atoms with Crippen molar-refractivity contribution in [1.29, 1.82) is 0 Å². The molecule has 0 aromatic heterocycles. The fraction of sp³-hybridized carbons (Fsp3) is 0.938. The molecule has 0 bridgehead atoms. The molecule has 19 heavy (non-hydrogen) atoms. The van der Waals surface area contributed by atoms with Crippen molar-refractivity contribution in [3.8, 4) is 0 Å². The molecular weight excluding hydrogens is 238 g/mol. The van der Waals surface area contributed by atoms with E-state index >= 15 is 0 Å². The Morgan fingerprint density at radius 3 is 2.16 bits per heavy atom. The molecule has 2 fully saturated rings. The molecule has 0 N–H and O–H groups in total. The summed E-state index contributed by atoms with van der Waals surface area (Å²) in [6, 6.07) is 0. The Kier molecular flexibility index (Phi) is 3.85. The molecule has 1 amide bonds. The van der Waals surface area contributed by atoms with Crippen LogP contribution in [0.25, 0.3) is 0 Å². The predicted molar refractivity (Wildman–Crippen MR) is 77.0 cm³/mol. The zero-order valence-corrected chi connectivity index (χ0v) is 13.2. The maximum Gasteiger partial charge on any atom is 0.410 e. The molecule has 1 saturated heterocycles. The Hall–Kier alpha value is -0.730. The van der Waals surface area contributed by atoms with E-state index in [4.69, 9.17) is 4.74 Å². The summed E-state index contributed by atoms with van der Waals surface area (Å²) in [6.07, 6.45) is 4.86. The van der Waals surface area contributed by atoms with Crippen LogP contribution in [-0.4, -0.2) is 29.7 Å². The molecule has 1 spiro atoms. The molecule has 2 aliphatic rings. The fourth-order valence-electron chi connectivity index (χ4n) is 3.76. The summed E-state index contributed by atoms with van der Waals surface area (Å²) >= 11 is 0. The van der Waals surface area contributed by atoms with E-state index in [-0.39, 0.29) is 11.7 Å². The third-order valence-electron chi connectivity index (χ3n) is 5.33. The van der Waals surface area contributed by atoms with Crippen molar-refractivity contribution in [3.05, 3.63) is 0 Å². The monoisotopic (exact) mass is 267 g/mol. The Bertz CT molecular complexity index is 337. The first kappa shape index (κ1) is 14.7. The number of nitrogens with zero attached hydrogens (tertiary/aromatic N) is 1. The molecule has 1 saturated carbocycles. The lowest BCUT2D eigenvalue weighted by molar-refractivity contribution is 0.00397. The summed E-state index contributed by atoms with van der Waals surface area (Å²) in [5, 5.41) is 0. The topological polar surface area (TPSA) is 29.5 Å².